The molecule has 3 atom stereocenters. The SMILES string of the molecule is Cc1cc(C(N)C2OCCC2C)ccc1F. The first kappa shape index (κ1) is 11.6. The number of halogens is 1. The molecule has 0 radical (unpaired) electrons. The van der Waals surface area contributed by atoms with Crippen LogP contribution >= 0.6 is 0 Å². The number of hydrogen-bond donors (Lipinski definition) is 1. The number of rotatable bonds is 2. The van der Waals surface area contributed by atoms with E-state index >= 15 is 0 Å². The summed E-state index contributed by atoms with van der Waals surface area (Å²) in [6.45, 7) is 4.68. The van der Waals surface area contributed by atoms with Crippen molar-refractivity contribution in [3.05, 3.63) is 35.1 Å². The van der Waals surface area contributed by atoms with Crippen molar-refractivity contribution in [2.45, 2.75) is 32.4 Å². The van der Waals surface area contributed by atoms with E-state index in [2.05, 4.69) is 6.92 Å². The highest BCUT2D eigenvalue weighted by molar-refractivity contribution is 5.27. The maximum Gasteiger partial charge on any atom is 0.126 e. The van der Waals surface area contributed by atoms with Crippen molar-refractivity contribution < 1.29 is 9.13 Å². The van der Waals surface area contributed by atoms with Crippen LogP contribution in [0.1, 0.15) is 30.5 Å². The minimum Gasteiger partial charge on any atom is -0.376 e. The molecule has 0 aromatic heterocycles. The summed E-state index contributed by atoms with van der Waals surface area (Å²) in [5.41, 5.74) is 7.76. The Morgan fingerprint density at radius 1 is 1.50 bits per heavy atom. The zero-order valence-electron chi connectivity index (χ0n) is 9.74. The Hall–Kier alpha value is -0.930. The summed E-state index contributed by atoms with van der Waals surface area (Å²) in [6.07, 6.45) is 1.11. The van der Waals surface area contributed by atoms with Crippen molar-refractivity contribution in [2.24, 2.45) is 11.7 Å². The molecule has 1 aromatic carbocycles. The molecule has 1 heterocycles. The van der Waals surface area contributed by atoms with Gasteiger partial charge in [0.05, 0.1) is 12.1 Å². The molecule has 1 aliphatic rings. The van der Waals surface area contributed by atoms with Gasteiger partial charge >= 0.3 is 0 Å². The van der Waals surface area contributed by atoms with Crippen molar-refractivity contribution in [3.8, 4) is 0 Å². The minimum atomic E-state index is -0.184. The molecule has 0 bridgehead atoms. The smallest absolute Gasteiger partial charge is 0.126 e. The zero-order valence-corrected chi connectivity index (χ0v) is 9.74. The molecule has 16 heavy (non-hydrogen) atoms. The van der Waals surface area contributed by atoms with Crippen LogP contribution in [0.3, 0.4) is 0 Å². The van der Waals surface area contributed by atoms with Crippen molar-refractivity contribution >= 4 is 0 Å². The van der Waals surface area contributed by atoms with Crippen LogP contribution in [0.15, 0.2) is 18.2 Å². The van der Waals surface area contributed by atoms with Crippen molar-refractivity contribution in [1.82, 2.24) is 0 Å². The zero-order chi connectivity index (χ0) is 11.7. The monoisotopic (exact) mass is 223 g/mol. The van der Waals surface area contributed by atoms with Gasteiger partial charge in [-0.25, -0.2) is 4.39 Å². The predicted octanol–water partition coefficient (Wildman–Crippen LogP) is 2.56. The third-order valence-corrected chi connectivity index (χ3v) is 3.37. The number of hydrogen-bond acceptors (Lipinski definition) is 2. The van der Waals surface area contributed by atoms with E-state index in [9.17, 15) is 4.39 Å². The lowest BCUT2D eigenvalue weighted by atomic mass is 9.92. The first-order valence-electron chi connectivity index (χ1n) is 5.73. The van der Waals surface area contributed by atoms with Crippen molar-refractivity contribution in [3.63, 3.8) is 0 Å². The third kappa shape index (κ3) is 2.11. The Bertz CT molecular complexity index is 380. The molecular weight excluding hydrogens is 205 g/mol. The molecule has 0 amide bonds. The van der Waals surface area contributed by atoms with Gasteiger partial charge in [0.15, 0.2) is 0 Å². The summed E-state index contributed by atoms with van der Waals surface area (Å²) in [5, 5.41) is 0. The number of ether oxygens (including phenoxy) is 1. The first-order valence-corrected chi connectivity index (χ1v) is 5.73. The van der Waals surface area contributed by atoms with Crippen LogP contribution in [-0.2, 0) is 4.74 Å². The van der Waals surface area contributed by atoms with E-state index in [1.807, 2.05) is 6.07 Å². The van der Waals surface area contributed by atoms with Gasteiger partial charge in [-0.3, -0.25) is 0 Å². The quantitative estimate of drug-likeness (QED) is 0.836. The fourth-order valence-electron chi connectivity index (χ4n) is 2.24. The van der Waals surface area contributed by atoms with E-state index in [1.54, 1.807) is 13.0 Å². The van der Waals surface area contributed by atoms with Crippen LogP contribution in [0.5, 0.6) is 0 Å². The lowest BCUT2D eigenvalue weighted by Gasteiger charge is -2.23. The van der Waals surface area contributed by atoms with Gasteiger partial charge in [-0.2, -0.15) is 0 Å². The van der Waals surface area contributed by atoms with Crippen LogP contribution in [-0.4, -0.2) is 12.7 Å². The third-order valence-electron chi connectivity index (χ3n) is 3.37. The van der Waals surface area contributed by atoms with Gasteiger partial charge in [-0.1, -0.05) is 19.1 Å². The van der Waals surface area contributed by atoms with E-state index in [0.717, 1.165) is 18.6 Å². The normalized spacial score (nSPS) is 27.0. The van der Waals surface area contributed by atoms with E-state index in [1.165, 1.54) is 6.07 Å². The summed E-state index contributed by atoms with van der Waals surface area (Å²) in [4.78, 5) is 0. The summed E-state index contributed by atoms with van der Waals surface area (Å²) in [6, 6.07) is 4.89. The number of aryl methyl sites for hydroxylation is 1. The molecule has 1 aliphatic heterocycles. The summed E-state index contributed by atoms with van der Waals surface area (Å²) < 4.78 is 18.8. The average Bonchev–Trinajstić information content (AvgIpc) is 2.67. The molecule has 0 spiro atoms. The number of benzene rings is 1. The first-order chi connectivity index (χ1) is 7.59. The molecule has 2 rings (SSSR count). The van der Waals surface area contributed by atoms with Crippen LogP contribution < -0.4 is 5.73 Å². The number of nitrogens with two attached hydrogens (primary N) is 1. The highest BCUT2D eigenvalue weighted by atomic mass is 19.1. The molecule has 2 N–H and O–H groups in total. The average molecular weight is 223 g/mol. The Morgan fingerprint density at radius 3 is 2.81 bits per heavy atom. The van der Waals surface area contributed by atoms with Gasteiger partial charge in [0.25, 0.3) is 0 Å². The molecule has 88 valence electrons. The summed E-state index contributed by atoms with van der Waals surface area (Å²) in [5.74, 6) is 0.289. The summed E-state index contributed by atoms with van der Waals surface area (Å²) in [7, 11) is 0. The maximum atomic E-state index is 13.1. The van der Waals surface area contributed by atoms with Gasteiger partial charge in [0.1, 0.15) is 5.82 Å². The molecule has 3 heteroatoms. The standard InChI is InChI=1S/C13H18FNO/c1-8-5-6-16-13(8)12(15)10-3-4-11(14)9(2)7-10/h3-4,7-8,12-13H,5-6,15H2,1-2H3. The maximum absolute atomic E-state index is 13.1. The van der Waals surface area contributed by atoms with E-state index in [0.29, 0.717) is 11.5 Å². The van der Waals surface area contributed by atoms with E-state index in [-0.39, 0.29) is 18.0 Å². The second-order valence-corrected chi connectivity index (χ2v) is 4.64. The summed E-state index contributed by atoms with van der Waals surface area (Å²) >= 11 is 0. The molecule has 0 saturated carbocycles. The Balaban J connectivity index is 2.20. The van der Waals surface area contributed by atoms with Gasteiger partial charge in [-0.15, -0.1) is 0 Å². The fraction of sp³-hybridized carbons (Fsp3) is 0.538. The highest BCUT2D eigenvalue weighted by Crippen LogP contribution is 2.30. The molecule has 0 aliphatic carbocycles. The largest absolute Gasteiger partial charge is 0.376 e. The van der Waals surface area contributed by atoms with Crippen LogP contribution in [0.2, 0.25) is 0 Å². The lowest BCUT2D eigenvalue weighted by molar-refractivity contribution is 0.0724. The van der Waals surface area contributed by atoms with Gasteiger partial charge in [0.2, 0.25) is 0 Å². The second kappa shape index (κ2) is 4.52. The molecule has 1 fully saturated rings. The van der Waals surface area contributed by atoms with Gasteiger partial charge in [0, 0.05) is 6.61 Å². The van der Waals surface area contributed by atoms with Crippen LogP contribution in [0.25, 0.3) is 0 Å². The Morgan fingerprint density at radius 2 is 2.25 bits per heavy atom. The van der Waals surface area contributed by atoms with Crippen LogP contribution in [0.4, 0.5) is 4.39 Å². The van der Waals surface area contributed by atoms with E-state index < -0.39 is 0 Å². The molecular formula is C13H18FNO. The van der Waals surface area contributed by atoms with Crippen LogP contribution in [0, 0.1) is 18.7 Å². The van der Waals surface area contributed by atoms with Crippen molar-refractivity contribution in [2.75, 3.05) is 6.61 Å². The topological polar surface area (TPSA) is 35.2 Å². The Kier molecular flexibility index (Phi) is 3.26. The minimum absolute atomic E-state index is 0.0601. The highest BCUT2D eigenvalue weighted by Gasteiger charge is 2.30. The van der Waals surface area contributed by atoms with Crippen molar-refractivity contribution in [1.29, 1.82) is 0 Å². The molecule has 1 saturated heterocycles. The van der Waals surface area contributed by atoms with Gasteiger partial charge < -0.3 is 10.5 Å². The lowest BCUT2D eigenvalue weighted by Crippen LogP contribution is -2.29. The molecule has 3 unspecified atom stereocenters. The Labute approximate surface area is 95.6 Å². The molecule has 2 nitrogen and oxygen atoms in total. The van der Waals surface area contributed by atoms with E-state index in [4.69, 9.17) is 10.5 Å². The van der Waals surface area contributed by atoms with Gasteiger partial charge in [-0.05, 0) is 36.5 Å². The predicted molar refractivity (Wildman–Crippen MR) is 61.6 cm³/mol. The second-order valence-electron chi connectivity index (χ2n) is 4.64. The fourth-order valence-corrected chi connectivity index (χ4v) is 2.24. The molecule has 1 aromatic rings.